The Hall–Kier alpha value is -1.69. The fourth-order valence-electron chi connectivity index (χ4n) is 2.91. The van der Waals surface area contributed by atoms with Crippen molar-refractivity contribution in [1.82, 2.24) is 15.1 Å². The van der Waals surface area contributed by atoms with Gasteiger partial charge in [0.15, 0.2) is 0 Å². The van der Waals surface area contributed by atoms with Crippen molar-refractivity contribution in [2.24, 2.45) is 0 Å². The van der Waals surface area contributed by atoms with Crippen LogP contribution in [0.15, 0.2) is 12.1 Å². The lowest BCUT2D eigenvalue weighted by Gasteiger charge is -2.33. The fourth-order valence-corrected chi connectivity index (χ4v) is 2.91. The smallest absolute Gasteiger partial charge is 0.251 e. The van der Waals surface area contributed by atoms with Crippen LogP contribution in [0.2, 0.25) is 0 Å². The predicted octanol–water partition coefficient (Wildman–Crippen LogP) is 1.37. The number of nitrogens with zero attached hydrogens (tertiary/aromatic N) is 3. The lowest BCUT2D eigenvalue weighted by molar-refractivity contribution is -0.141. The van der Waals surface area contributed by atoms with Gasteiger partial charge in [-0.15, -0.1) is 5.10 Å². The van der Waals surface area contributed by atoms with E-state index in [1.807, 2.05) is 24.0 Å². The van der Waals surface area contributed by atoms with Crippen LogP contribution in [-0.4, -0.2) is 52.8 Å². The first-order chi connectivity index (χ1) is 10.2. The van der Waals surface area contributed by atoms with Crippen molar-refractivity contribution in [2.75, 3.05) is 25.0 Å². The van der Waals surface area contributed by atoms with Gasteiger partial charge in [-0.2, -0.15) is 5.10 Å². The van der Waals surface area contributed by atoms with Crippen molar-refractivity contribution in [2.45, 2.75) is 44.8 Å². The maximum absolute atomic E-state index is 12.3. The van der Waals surface area contributed by atoms with Crippen LogP contribution >= 0.6 is 0 Å². The van der Waals surface area contributed by atoms with E-state index in [9.17, 15) is 4.79 Å². The number of aryl methyl sites for hydroxylation is 1. The van der Waals surface area contributed by atoms with Gasteiger partial charge in [0.05, 0.1) is 5.69 Å². The number of aromatic nitrogens is 2. The Morgan fingerprint density at radius 3 is 2.71 bits per heavy atom. The van der Waals surface area contributed by atoms with Gasteiger partial charge < -0.3 is 15.0 Å². The van der Waals surface area contributed by atoms with Gasteiger partial charge in [0, 0.05) is 25.7 Å². The first-order valence-electron chi connectivity index (χ1n) is 7.69. The molecule has 3 heterocycles. The molecule has 1 amide bonds. The van der Waals surface area contributed by atoms with E-state index in [1.165, 1.54) is 0 Å². The molecule has 1 atom stereocenters. The molecule has 1 unspecified atom stereocenters. The standard InChI is InChI=1S/C15H22N4O2/c1-11-4-5-14(18-17-11)16-12-6-8-19(9-7-12)15(20)13-3-2-10-21-13/h4-5,12-13H,2-3,6-10H2,1H3,(H,16,18). The lowest BCUT2D eigenvalue weighted by Crippen LogP contribution is -2.46. The molecule has 2 fully saturated rings. The summed E-state index contributed by atoms with van der Waals surface area (Å²) in [6.45, 7) is 4.22. The summed E-state index contributed by atoms with van der Waals surface area (Å²) in [6, 6.07) is 4.26. The molecule has 0 aliphatic carbocycles. The maximum Gasteiger partial charge on any atom is 0.251 e. The number of likely N-dealkylation sites (tertiary alicyclic amines) is 1. The van der Waals surface area contributed by atoms with Crippen LogP contribution in [0.4, 0.5) is 5.82 Å². The zero-order chi connectivity index (χ0) is 14.7. The van der Waals surface area contributed by atoms with Gasteiger partial charge in [0.1, 0.15) is 11.9 Å². The SMILES string of the molecule is Cc1ccc(NC2CCN(C(=O)C3CCCO3)CC2)nn1. The van der Waals surface area contributed by atoms with E-state index >= 15 is 0 Å². The van der Waals surface area contributed by atoms with Crippen molar-refractivity contribution >= 4 is 11.7 Å². The summed E-state index contributed by atoms with van der Waals surface area (Å²) in [7, 11) is 0. The Balaban J connectivity index is 1.48. The zero-order valence-electron chi connectivity index (χ0n) is 12.4. The summed E-state index contributed by atoms with van der Waals surface area (Å²) in [5.74, 6) is 0.977. The van der Waals surface area contributed by atoms with Crippen LogP contribution in [0.25, 0.3) is 0 Å². The molecular formula is C15H22N4O2. The van der Waals surface area contributed by atoms with E-state index in [-0.39, 0.29) is 12.0 Å². The molecule has 0 spiro atoms. The van der Waals surface area contributed by atoms with Gasteiger partial charge in [0.25, 0.3) is 5.91 Å². The predicted molar refractivity (Wildman–Crippen MR) is 79.0 cm³/mol. The van der Waals surface area contributed by atoms with Crippen molar-refractivity contribution in [1.29, 1.82) is 0 Å². The highest BCUT2D eigenvalue weighted by Gasteiger charge is 2.30. The third-order valence-corrected chi connectivity index (χ3v) is 4.16. The summed E-state index contributed by atoms with van der Waals surface area (Å²) in [5.41, 5.74) is 0.914. The van der Waals surface area contributed by atoms with Gasteiger partial charge in [-0.1, -0.05) is 0 Å². The summed E-state index contributed by atoms with van der Waals surface area (Å²) in [5, 5.41) is 11.6. The van der Waals surface area contributed by atoms with E-state index in [1.54, 1.807) is 0 Å². The fraction of sp³-hybridized carbons (Fsp3) is 0.667. The van der Waals surface area contributed by atoms with Crippen LogP contribution in [0.1, 0.15) is 31.4 Å². The number of amides is 1. The lowest BCUT2D eigenvalue weighted by atomic mass is 10.0. The number of carbonyl (C=O) groups is 1. The van der Waals surface area contributed by atoms with Gasteiger partial charge in [0.2, 0.25) is 0 Å². The van der Waals surface area contributed by atoms with Crippen molar-refractivity contribution in [3.05, 3.63) is 17.8 Å². The molecule has 21 heavy (non-hydrogen) atoms. The van der Waals surface area contributed by atoms with Crippen molar-refractivity contribution in [3.63, 3.8) is 0 Å². The number of rotatable bonds is 3. The Bertz CT molecular complexity index is 477. The average Bonchev–Trinajstić information content (AvgIpc) is 3.04. The minimum absolute atomic E-state index is 0.168. The molecule has 6 heteroatoms. The van der Waals surface area contributed by atoms with Crippen LogP contribution in [0.3, 0.4) is 0 Å². The largest absolute Gasteiger partial charge is 0.368 e. The zero-order valence-corrected chi connectivity index (χ0v) is 12.4. The summed E-state index contributed by atoms with van der Waals surface area (Å²) < 4.78 is 5.48. The van der Waals surface area contributed by atoms with Crippen LogP contribution in [0, 0.1) is 6.92 Å². The second kappa shape index (κ2) is 6.39. The summed E-state index contributed by atoms with van der Waals surface area (Å²) in [4.78, 5) is 14.2. The molecule has 6 nitrogen and oxygen atoms in total. The van der Waals surface area contributed by atoms with Crippen LogP contribution in [0.5, 0.6) is 0 Å². The molecule has 1 N–H and O–H groups in total. The maximum atomic E-state index is 12.3. The second-order valence-electron chi connectivity index (χ2n) is 5.81. The third kappa shape index (κ3) is 3.50. The van der Waals surface area contributed by atoms with Crippen LogP contribution in [-0.2, 0) is 9.53 Å². The van der Waals surface area contributed by atoms with E-state index in [0.717, 1.165) is 56.9 Å². The quantitative estimate of drug-likeness (QED) is 0.910. The molecule has 2 saturated heterocycles. The van der Waals surface area contributed by atoms with E-state index in [2.05, 4.69) is 15.5 Å². The van der Waals surface area contributed by atoms with Crippen molar-refractivity contribution in [3.8, 4) is 0 Å². The Labute approximate surface area is 124 Å². The van der Waals surface area contributed by atoms with E-state index in [0.29, 0.717) is 6.04 Å². The molecule has 114 valence electrons. The Morgan fingerprint density at radius 2 is 2.10 bits per heavy atom. The molecule has 1 aromatic heterocycles. The van der Waals surface area contributed by atoms with Gasteiger partial charge >= 0.3 is 0 Å². The summed E-state index contributed by atoms with van der Waals surface area (Å²) >= 11 is 0. The molecule has 3 rings (SSSR count). The molecule has 0 aromatic carbocycles. The highest BCUT2D eigenvalue weighted by atomic mass is 16.5. The highest BCUT2D eigenvalue weighted by molar-refractivity contribution is 5.81. The highest BCUT2D eigenvalue weighted by Crippen LogP contribution is 2.19. The molecule has 0 radical (unpaired) electrons. The number of nitrogens with one attached hydrogen (secondary N) is 1. The molecular weight excluding hydrogens is 268 g/mol. The minimum Gasteiger partial charge on any atom is -0.368 e. The number of hydrogen-bond acceptors (Lipinski definition) is 5. The number of piperidine rings is 1. The summed E-state index contributed by atoms with van der Waals surface area (Å²) in [6.07, 6.45) is 3.55. The number of anilines is 1. The van der Waals surface area contributed by atoms with Crippen molar-refractivity contribution < 1.29 is 9.53 Å². The van der Waals surface area contributed by atoms with Gasteiger partial charge in [-0.25, -0.2) is 0 Å². The molecule has 2 aliphatic rings. The number of hydrogen-bond donors (Lipinski definition) is 1. The second-order valence-corrected chi connectivity index (χ2v) is 5.81. The molecule has 0 saturated carbocycles. The van der Waals surface area contributed by atoms with E-state index < -0.39 is 0 Å². The van der Waals surface area contributed by atoms with Gasteiger partial charge in [-0.3, -0.25) is 4.79 Å². The molecule has 2 aliphatic heterocycles. The van der Waals surface area contributed by atoms with Gasteiger partial charge in [-0.05, 0) is 44.7 Å². The first-order valence-corrected chi connectivity index (χ1v) is 7.69. The number of ether oxygens (including phenoxy) is 1. The van der Waals surface area contributed by atoms with E-state index in [4.69, 9.17) is 4.74 Å². The number of carbonyl (C=O) groups excluding carboxylic acids is 1. The Kier molecular flexibility index (Phi) is 4.34. The van der Waals surface area contributed by atoms with Crippen LogP contribution < -0.4 is 5.32 Å². The third-order valence-electron chi connectivity index (χ3n) is 4.16. The first kappa shape index (κ1) is 14.3. The normalized spacial score (nSPS) is 23.3. The minimum atomic E-state index is -0.197. The molecule has 1 aromatic rings. The molecule has 0 bridgehead atoms. The monoisotopic (exact) mass is 290 g/mol. The Morgan fingerprint density at radius 1 is 1.29 bits per heavy atom. The average molecular weight is 290 g/mol. The topological polar surface area (TPSA) is 67.4 Å².